The van der Waals surface area contributed by atoms with E-state index in [1.165, 1.54) is 12.1 Å². The minimum atomic E-state index is -0.280. The predicted molar refractivity (Wildman–Crippen MR) is 75.2 cm³/mol. The Bertz CT molecular complexity index is 616. The van der Waals surface area contributed by atoms with Gasteiger partial charge in [0.15, 0.2) is 0 Å². The maximum absolute atomic E-state index is 13.0. The van der Waals surface area contributed by atoms with E-state index in [1.54, 1.807) is 41.6 Å². The van der Waals surface area contributed by atoms with Crippen LogP contribution < -0.4 is 0 Å². The van der Waals surface area contributed by atoms with Gasteiger partial charge >= 0.3 is 0 Å². The second kappa shape index (κ2) is 6.01. The number of benzene rings is 1. The van der Waals surface area contributed by atoms with E-state index in [4.69, 9.17) is 4.74 Å². The van der Waals surface area contributed by atoms with Crippen molar-refractivity contribution >= 4 is 5.91 Å². The predicted octanol–water partition coefficient (Wildman–Crippen LogP) is 2.43. The van der Waals surface area contributed by atoms with Crippen molar-refractivity contribution in [2.75, 3.05) is 19.7 Å². The molecule has 1 aromatic carbocycles. The molecule has 0 bridgehead atoms. The van der Waals surface area contributed by atoms with Crippen molar-refractivity contribution in [1.29, 1.82) is 0 Å². The number of nitrogens with zero attached hydrogens (tertiary/aromatic N) is 2. The summed E-state index contributed by atoms with van der Waals surface area (Å²) in [5, 5.41) is 0. The van der Waals surface area contributed by atoms with Gasteiger partial charge in [-0.2, -0.15) is 0 Å². The van der Waals surface area contributed by atoms with Gasteiger partial charge in [-0.25, -0.2) is 4.39 Å². The Hall–Kier alpha value is -2.27. The lowest BCUT2D eigenvalue weighted by molar-refractivity contribution is -0.0228. The zero-order valence-electron chi connectivity index (χ0n) is 11.4. The third-order valence-electron chi connectivity index (χ3n) is 3.50. The van der Waals surface area contributed by atoms with Crippen molar-refractivity contribution in [1.82, 2.24) is 9.88 Å². The van der Waals surface area contributed by atoms with Gasteiger partial charge in [0.1, 0.15) is 11.9 Å². The SMILES string of the molecule is O=C(c1cccnc1)N1CCO[C@@H](c2ccc(F)cc2)C1. The summed E-state index contributed by atoms with van der Waals surface area (Å²) in [6.45, 7) is 1.47. The van der Waals surface area contributed by atoms with Crippen LogP contribution >= 0.6 is 0 Å². The molecule has 1 atom stereocenters. The van der Waals surface area contributed by atoms with Gasteiger partial charge < -0.3 is 9.64 Å². The van der Waals surface area contributed by atoms with Crippen LogP contribution in [0.3, 0.4) is 0 Å². The Kier molecular flexibility index (Phi) is 3.92. The van der Waals surface area contributed by atoms with Crippen molar-refractivity contribution in [3.05, 3.63) is 65.7 Å². The van der Waals surface area contributed by atoms with E-state index < -0.39 is 0 Å². The number of hydrogen-bond donors (Lipinski definition) is 0. The molecule has 1 aliphatic heterocycles. The van der Waals surface area contributed by atoms with E-state index in [9.17, 15) is 9.18 Å². The molecule has 108 valence electrons. The van der Waals surface area contributed by atoms with Gasteiger partial charge in [0.05, 0.1) is 18.7 Å². The molecule has 1 aliphatic rings. The average molecular weight is 286 g/mol. The van der Waals surface area contributed by atoms with Gasteiger partial charge in [-0.1, -0.05) is 12.1 Å². The number of pyridine rings is 1. The summed E-state index contributed by atoms with van der Waals surface area (Å²) in [6.07, 6.45) is 2.97. The highest BCUT2D eigenvalue weighted by Gasteiger charge is 2.26. The molecule has 0 radical (unpaired) electrons. The Morgan fingerprint density at radius 2 is 2.10 bits per heavy atom. The first kappa shape index (κ1) is 13.7. The van der Waals surface area contributed by atoms with Crippen LogP contribution in [0.2, 0.25) is 0 Å². The lowest BCUT2D eigenvalue weighted by Gasteiger charge is -2.33. The van der Waals surface area contributed by atoms with Crippen LogP contribution in [-0.2, 0) is 4.74 Å². The topological polar surface area (TPSA) is 42.4 Å². The average Bonchev–Trinajstić information content (AvgIpc) is 2.56. The van der Waals surface area contributed by atoms with Crippen LogP contribution in [0.1, 0.15) is 22.0 Å². The minimum absolute atomic E-state index is 0.0569. The first-order chi connectivity index (χ1) is 10.2. The third-order valence-corrected chi connectivity index (χ3v) is 3.50. The number of morpholine rings is 1. The van der Waals surface area contributed by atoms with Crippen molar-refractivity contribution in [3.8, 4) is 0 Å². The quantitative estimate of drug-likeness (QED) is 0.851. The van der Waals surface area contributed by atoms with Gasteiger partial charge in [-0.3, -0.25) is 9.78 Å². The molecule has 0 saturated carbocycles. The van der Waals surface area contributed by atoms with E-state index in [-0.39, 0.29) is 17.8 Å². The number of aromatic nitrogens is 1. The Balaban J connectivity index is 1.74. The molecule has 1 aromatic heterocycles. The smallest absolute Gasteiger partial charge is 0.255 e. The van der Waals surface area contributed by atoms with Crippen molar-refractivity contribution in [2.24, 2.45) is 0 Å². The zero-order valence-corrected chi connectivity index (χ0v) is 11.4. The highest BCUT2D eigenvalue weighted by atomic mass is 19.1. The summed E-state index contributed by atoms with van der Waals surface area (Å²) in [5.74, 6) is -0.337. The standard InChI is InChI=1S/C16H15FN2O2/c17-14-5-3-12(4-6-14)15-11-19(8-9-21-15)16(20)13-2-1-7-18-10-13/h1-7,10,15H,8-9,11H2/t15-/m1/s1. The highest BCUT2D eigenvalue weighted by molar-refractivity contribution is 5.93. The second-order valence-electron chi connectivity index (χ2n) is 4.90. The summed E-state index contributed by atoms with van der Waals surface area (Å²) in [7, 11) is 0. The van der Waals surface area contributed by atoms with Gasteiger partial charge in [0.2, 0.25) is 0 Å². The maximum Gasteiger partial charge on any atom is 0.255 e. The second-order valence-corrected chi connectivity index (χ2v) is 4.90. The number of carbonyl (C=O) groups is 1. The molecule has 2 heterocycles. The molecule has 1 saturated heterocycles. The normalized spacial score (nSPS) is 18.5. The molecule has 5 heteroatoms. The van der Waals surface area contributed by atoms with E-state index >= 15 is 0 Å². The lowest BCUT2D eigenvalue weighted by Crippen LogP contribution is -2.42. The number of amides is 1. The molecular weight excluding hydrogens is 271 g/mol. The van der Waals surface area contributed by atoms with Crippen LogP contribution in [0.5, 0.6) is 0 Å². The van der Waals surface area contributed by atoms with Gasteiger partial charge in [-0.15, -0.1) is 0 Å². The van der Waals surface area contributed by atoms with E-state index in [2.05, 4.69) is 4.98 Å². The van der Waals surface area contributed by atoms with Crippen LogP contribution in [0.15, 0.2) is 48.8 Å². The Labute approximate surface area is 122 Å². The zero-order chi connectivity index (χ0) is 14.7. The number of halogens is 1. The molecule has 1 amide bonds. The first-order valence-corrected chi connectivity index (χ1v) is 6.80. The molecule has 0 aliphatic carbocycles. The van der Waals surface area contributed by atoms with Crippen molar-refractivity contribution in [3.63, 3.8) is 0 Å². The first-order valence-electron chi connectivity index (χ1n) is 6.80. The molecular formula is C16H15FN2O2. The van der Waals surface area contributed by atoms with E-state index in [1.807, 2.05) is 0 Å². The molecule has 0 unspecified atom stereocenters. The molecule has 0 spiro atoms. The van der Waals surface area contributed by atoms with Gasteiger partial charge in [0.25, 0.3) is 5.91 Å². The van der Waals surface area contributed by atoms with Gasteiger partial charge in [0, 0.05) is 18.9 Å². The lowest BCUT2D eigenvalue weighted by atomic mass is 10.1. The maximum atomic E-state index is 13.0. The fraction of sp³-hybridized carbons (Fsp3) is 0.250. The van der Waals surface area contributed by atoms with Gasteiger partial charge in [-0.05, 0) is 29.8 Å². The molecule has 21 heavy (non-hydrogen) atoms. The summed E-state index contributed by atoms with van der Waals surface area (Å²) >= 11 is 0. The summed E-state index contributed by atoms with van der Waals surface area (Å²) in [6, 6.07) is 9.68. The number of carbonyl (C=O) groups excluding carboxylic acids is 1. The molecule has 3 rings (SSSR count). The van der Waals surface area contributed by atoms with E-state index in [0.29, 0.717) is 25.3 Å². The third kappa shape index (κ3) is 3.08. The van der Waals surface area contributed by atoms with Crippen LogP contribution in [0, 0.1) is 5.82 Å². The summed E-state index contributed by atoms with van der Waals surface area (Å²) < 4.78 is 18.7. The van der Waals surface area contributed by atoms with Crippen LogP contribution in [0.4, 0.5) is 4.39 Å². The van der Waals surface area contributed by atoms with Crippen LogP contribution in [0.25, 0.3) is 0 Å². The van der Waals surface area contributed by atoms with Crippen molar-refractivity contribution < 1.29 is 13.9 Å². The molecule has 1 fully saturated rings. The molecule has 0 N–H and O–H groups in total. The largest absolute Gasteiger partial charge is 0.370 e. The summed E-state index contributed by atoms with van der Waals surface area (Å²) in [5.41, 5.74) is 1.44. The Morgan fingerprint density at radius 1 is 1.29 bits per heavy atom. The van der Waals surface area contributed by atoms with E-state index in [0.717, 1.165) is 5.56 Å². The van der Waals surface area contributed by atoms with Crippen LogP contribution in [-0.4, -0.2) is 35.5 Å². The minimum Gasteiger partial charge on any atom is -0.370 e. The highest BCUT2D eigenvalue weighted by Crippen LogP contribution is 2.23. The summed E-state index contributed by atoms with van der Waals surface area (Å²) in [4.78, 5) is 18.1. The number of rotatable bonds is 2. The number of hydrogen-bond acceptors (Lipinski definition) is 3. The fourth-order valence-corrected chi connectivity index (χ4v) is 2.38. The monoisotopic (exact) mass is 286 g/mol. The molecule has 2 aromatic rings. The Morgan fingerprint density at radius 3 is 2.81 bits per heavy atom. The van der Waals surface area contributed by atoms with Crippen molar-refractivity contribution in [2.45, 2.75) is 6.10 Å². The number of ether oxygens (including phenoxy) is 1. The fourth-order valence-electron chi connectivity index (χ4n) is 2.38. The molecule has 4 nitrogen and oxygen atoms in total.